The van der Waals surface area contributed by atoms with E-state index in [4.69, 9.17) is 4.74 Å². The van der Waals surface area contributed by atoms with Gasteiger partial charge in [0.1, 0.15) is 5.75 Å². The molecule has 3 heterocycles. The summed E-state index contributed by atoms with van der Waals surface area (Å²) in [6.45, 7) is 3.85. The van der Waals surface area contributed by atoms with Crippen LogP contribution in [-0.4, -0.2) is 62.0 Å². The zero-order valence-corrected chi connectivity index (χ0v) is 18.1. The van der Waals surface area contributed by atoms with Crippen LogP contribution in [0, 0.1) is 17.8 Å². The molecule has 3 saturated heterocycles. The van der Waals surface area contributed by atoms with E-state index in [9.17, 15) is 9.59 Å². The van der Waals surface area contributed by atoms with Gasteiger partial charge >= 0.3 is 0 Å². The highest BCUT2D eigenvalue weighted by molar-refractivity contribution is 5.85. The fourth-order valence-corrected chi connectivity index (χ4v) is 5.23. The number of amides is 2. The van der Waals surface area contributed by atoms with E-state index >= 15 is 0 Å². The maximum absolute atomic E-state index is 13.5. The van der Waals surface area contributed by atoms with Crippen LogP contribution in [0.1, 0.15) is 37.3 Å². The third-order valence-electron chi connectivity index (χ3n) is 6.97. The SMILES string of the molecule is COc1ccc(C2C(C(=O)N3CC[C@@H]4CNC[C@@H]4CC3)CCC(=O)N2C)cc1.Cl. The van der Waals surface area contributed by atoms with Crippen LogP contribution in [0.4, 0.5) is 0 Å². The third kappa shape index (κ3) is 4.38. The van der Waals surface area contributed by atoms with Crippen LogP contribution >= 0.6 is 12.4 Å². The highest BCUT2D eigenvalue weighted by Crippen LogP contribution is 2.38. The number of fused-ring (bicyclic) bond motifs is 1. The minimum Gasteiger partial charge on any atom is -0.497 e. The van der Waals surface area contributed by atoms with Crippen LogP contribution in [0.15, 0.2) is 24.3 Å². The number of carbonyl (C=O) groups is 2. The van der Waals surface area contributed by atoms with Crippen molar-refractivity contribution >= 4 is 24.2 Å². The number of ether oxygens (including phenoxy) is 1. The largest absolute Gasteiger partial charge is 0.497 e. The predicted octanol–water partition coefficient (Wildman–Crippen LogP) is 2.48. The highest BCUT2D eigenvalue weighted by Gasteiger charge is 2.41. The number of benzene rings is 1. The minimum absolute atomic E-state index is 0. The molecular formula is C22H32ClN3O3. The summed E-state index contributed by atoms with van der Waals surface area (Å²) in [7, 11) is 3.47. The molecule has 29 heavy (non-hydrogen) atoms. The Kier molecular flexibility index (Phi) is 7.06. The van der Waals surface area contributed by atoms with E-state index < -0.39 is 0 Å². The maximum Gasteiger partial charge on any atom is 0.228 e. The topological polar surface area (TPSA) is 61.9 Å². The van der Waals surface area contributed by atoms with Gasteiger partial charge in [-0.3, -0.25) is 9.59 Å². The molecule has 0 aromatic heterocycles. The van der Waals surface area contributed by atoms with Gasteiger partial charge in [0, 0.05) is 26.6 Å². The molecule has 7 heteroatoms. The highest BCUT2D eigenvalue weighted by atomic mass is 35.5. The van der Waals surface area contributed by atoms with Gasteiger partial charge in [-0.15, -0.1) is 12.4 Å². The van der Waals surface area contributed by atoms with E-state index in [1.807, 2.05) is 31.3 Å². The first-order valence-corrected chi connectivity index (χ1v) is 10.5. The monoisotopic (exact) mass is 421 g/mol. The Morgan fingerprint density at radius 1 is 1.07 bits per heavy atom. The summed E-state index contributed by atoms with van der Waals surface area (Å²) < 4.78 is 5.26. The number of hydrogen-bond acceptors (Lipinski definition) is 4. The van der Waals surface area contributed by atoms with E-state index in [-0.39, 0.29) is 36.2 Å². The first kappa shape index (κ1) is 21.9. The van der Waals surface area contributed by atoms with Gasteiger partial charge in [-0.2, -0.15) is 0 Å². The van der Waals surface area contributed by atoms with E-state index in [1.54, 1.807) is 12.0 Å². The molecule has 3 aliphatic rings. The van der Waals surface area contributed by atoms with Gasteiger partial charge in [0.2, 0.25) is 11.8 Å². The molecule has 0 saturated carbocycles. The summed E-state index contributed by atoms with van der Waals surface area (Å²) in [5, 5.41) is 3.49. The lowest BCUT2D eigenvalue weighted by Crippen LogP contribution is -2.48. The molecule has 4 atom stereocenters. The van der Waals surface area contributed by atoms with Crippen molar-refractivity contribution in [2.24, 2.45) is 17.8 Å². The van der Waals surface area contributed by atoms with Crippen molar-refractivity contribution in [1.82, 2.24) is 15.1 Å². The number of methoxy groups -OCH3 is 1. The van der Waals surface area contributed by atoms with Gasteiger partial charge in [-0.1, -0.05) is 12.1 Å². The second kappa shape index (κ2) is 9.35. The van der Waals surface area contributed by atoms with Crippen LogP contribution in [0.5, 0.6) is 5.75 Å². The van der Waals surface area contributed by atoms with Crippen LogP contribution in [0.2, 0.25) is 0 Å². The van der Waals surface area contributed by atoms with Crippen molar-refractivity contribution in [1.29, 1.82) is 0 Å². The molecule has 3 aliphatic heterocycles. The van der Waals surface area contributed by atoms with Gasteiger partial charge in [0.25, 0.3) is 0 Å². The van der Waals surface area contributed by atoms with Gasteiger partial charge in [0.15, 0.2) is 0 Å². The number of hydrogen-bond donors (Lipinski definition) is 1. The first-order chi connectivity index (χ1) is 13.6. The normalized spacial score (nSPS) is 29.7. The van der Waals surface area contributed by atoms with E-state index in [2.05, 4.69) is 10.2 Å². The van der Waals surface area contributed by atoms with Crippen molar-refractivity contribution in [2.45, 2.75) is 31.7 Å². The number of halogens is 1. The fraction of sp³-hybridized carbons (Fsp3) is 0.636. The zero-order valence-electron chi connectivity index (χ0n) is 17.3. The molecule has 0 radical (unpaired) electrons. The van der Waals surface area contributed by atoms with E-state index in [0.717, 1.165) is 50.3 Å². The quantitative estimate of drug-likeness (QED) is 0.814. The standard InChI is InChI=1S/C22H31N3O3.ClH/c1-24-20(26)8-7-19(21(24)15-3-5-18(28-2)6-4-15)22(27)25-11-9-16-13-23-14-17(16)10-12-25;/h3-6,16-17,19,21,23H,7-14H2,1-2H3;1H/t16-,17+,19?,21?;. The number of carbonyl (C=O) groups excluding carboxylic acids is 2. The molecule has 0 bridgehead atoms. The van der Waals surface area contributed by atoms with Crippen LogP contribution < -0.4 is 10.1 Å². The molecular weight excluding hydrogens is 390 g/mol. The van der Waals surface area contributed by atoms with Crippen molar-refractivity contribution in [3.63, 3.8) is 0 Å². The number of likely N-dealkylation sites (tertiary alicyclic amines) is 2. The molecule has 3 fully saturated rings. The predicted molar refractivity (Wildman–Crippen MR) is 114 cm³/mol. The average molecular weight is 422 g/mol. The zero-order chi connectivity index (χ0) is 19.7. The minimum atomic E-state index is -0.205. The summed E-state index contributed by atoms with van der Waals surface area (Å²) in [5.74, 6) is 2.34. The molecule has 160 valence electrons. The average Bonchev–Trinajstić information content (AvgIpc) is 3.08. The first-order valence-electron chi connectivity index (χ1n) is 10.5. The Hall–Kier alpha value is -1.79. The lowest BCUT2D eigenvalue weighted by Gasteiger charge is -2.40. The summed E-state index contributed by atoms with van der Waals surface area (Å²) in [5.41, 5.74) is 1.01. The number of piperidine rings is 1. The number of rotatable bonds is 3. The Labute approximate surface area is 179 Å². The second-order valence-electron chi connectivity index (χ2n) is 8.45. The van der Waals surface area contributed by atoms with Gasteiger partial charge in [0.05, 0.1) is 19.1 Å². The van der Waals surface area contributed by atoms with E-state index in [1.165, 1.54) is 0 Å². The number of nitrogens with one attached hydrogen (secondary N) is 1. The summed E-state index contributed by atoms with van der Waals surface area (Å²) >= 11 is 0. The Morgan fingerprint density at radius 2 is 1.69 bits per heavy atom. The second-order valence-corrected chi connectivity index (χ2v) is 8.45. The van der Waals surface area contributed by atoms with E-state index in [0.29, 0.717) is 24.7 Å². The molecule has 6 nitrogen and oxygen atoms in total. The van der Waals surface area contributed by atoms with Gasteiger partial charge < -0.3 is 19.9 Å². The van der Waals surface area contributed by atoms with Crippen molar-refractivity contribution in [2.75, 3.05) is 40.3 Å². The molecule has 4 rings (SSSR count). The maximum atomic E-state index is 13.5. The van der Waals surface area contributed by atoms with Crippen molar-refractivity contribution in [3.05, 3.63) is 29.8 Å². The Balaban J connectivity index is 0.00000240. The molecule has 1 aromatic rings. The summed E-state index contributed by atoms with van der Waals surface area (Å²) in [6.07, 6.45) is 3.24. The van der Waals surface area contributed by atoms with Crippen molar-refractivity contribution in [3.8, 4) is 5.75 Å². The third-order valence-corrected chi connectivity index (χ3v) is 6.97. The molecule has 2 amide bonds. The van der Waals surface area contributed by atoms with Crippen LogP contribution in [0.3, 0.4) is 0 Å². The molecule has 1 aromatic carbocycles. The lowest BCUT2D eigenvalue weighted by molar-refractivity contribution is -0.146. The summed E-state index contributed by atoms with van der Waals surface area (Å²) in [6, 6.07) is 7.58. The fourth-order valence-electron chi connectivity index (χ4n) is 5.23. The number of nitrogens with zero attached hydrogens (tertiary/aromatic N) is 2. The molecule has 2 unspecified atom stereocenters. The molecule has 1 N–H and O–H groups in total. The van der Waals surface area contributed by atoms with Crippen molar-refractivity contribution < 1.29 is 14.3 Å². The van der Waals surface area contributed by atoms with Gasteiger partial charge in [-0.05, 0) is 61.9 Å². The Morgan fingerprint density at radius 3 is 2.28 bits per heavy atom. The van der Waals surface area contributed by atoms with Crippen LogP contribution in [0.25, 0.3) is 0 Å². The smallest absolute Gasteiger partial charge is 0.228 e. The Bertz CT molecular complexity index is 713. The lowest BCUT2D eigenvalue weighted by atomic mass is 9.83. The molecule has 0 spiro atoms. The van der Waals surface area contributed by atoms with Crippen LogP contribution in [-0.2, 0) is 9.59 Å². The molecule has 0 aliphatic carbocycles. The van der Waals surface area contributed by atoms with Gasteiger partial charge in [-0.25, -0.2) is 0 Å². The summed E-state index contributed by atoms with van der Waals surface area (Å²) in [4.78, 5) is 29.8.